The van der Waals surface area contributed by atoms with E-state index in [1.807, 2.05) is 99.6 Å². The number of nitrogens with zero attached hydrogens (tertiary/aromatic N) is 3. The smallest absolute Gasteiger partial charge is 0.410 e. The minimum Gasteiger partial charge on any atom is -0.445 e. The van der Waals surface area contributed by atoms with E-state index < -0.39 is 66.3 Å². The molecule has 0 radical (unpaired) electrons. The Hall–Kier alpha value is -5.76. The molecule has 19 nitrogen and oxygen atoms in total. The lowest BCUT2D eigenvalue weighted by Gasteiger charge is -2.41. The Labute approximate surface area is 482 Å². The predicted octanol–water partition coefficient (Wildman–Crippen LogP) is 7.97. The van der Waals surface area contributed by atoms with Gasteiger partial charge in [-0.15, -0.1) is 0 Å². The van der Waals surface area contributed by atoms with E-state index >= 15 is 0 Å². The third-order valence-corrected chi connectivity index (χ3v) is 16.5. The number of carbonyl (C=O) groups is 8. The Morgan fingerprint density at radius 2 is 1.41 bits per heavy atom. The standard InChI is InChI=1S/C62H99N7O12/c1-16-40(8)56(52(79-14)35-53(73)69-31-21-25-48(69)58(80-15)42(10)49(70)32-41(9)57(74)44-22-18-17-19-23-44)67(12)60(76)47(37(2)3)34-51(72)55(39(6)7)68(13)62(78)81-36-43-26-28-46(29-27-43)66-59(75)45(24-20-30-65-61(63)77)33-50(71)54(64-11)38(4)5/h17-19,22-23,26-29,37-42,45,47-48,52,54-58,64,74H,16,20-21,24-25,30-36H2,1-15H3,(H,66,75)(H3,63,65,77)/t40?,41-,42-,45?,47-,48?,52+,54-,55-,56-,57+,58+/m0/s1. The highest BCUT2D eigenvalue weighted by Gasteiger charge is 2.44. The maximum absolute atomic E-state index is 14.8. The summed E-state index contributed by atoms with van der Waals surface area (Å²) in [6.07, 6.45) is -0.0701. The molecule has 454 valence electrons. The zero-order valence-corrected chi connectivity index (χ0v) is 51.2. The van der Waals surface area contributed by atoms with Crippen LogP contribution in [0.15, 0.2) is 54.6 Å². The summed E-state index contributed by atoms with van der Waals surface area (Å²) in [5.74, 6) is -4.30. The summed E-state index contributed by atoms with van der Waals surface area (Å²) in [6, 6.07) is 13.0. The second-order valence-corrected chi connectivity index (χ2v) is 23.5. The van der Waals surface area contributed by atoms with E-state index in [1.54, 1.807) is 55.3 Å². The SMILES string of the molecule is CCC(C)[C@@H]([C@@H](CC(=O)N1CCCC1[C@H](OC)[C@@H](C)C(=O)C[C@H](C)[C@@H](O)c1ccccc1)OC)N(C)C(=O)[C@@H](CC(=O)[C@H](C(C)C)N(C)C(=O)OCc1ccc(NC(=O)C(CCCNC(N)=O)CC(=O)[C@@H](NC)C(C)C)cc1)C(C)C. The molecular weight excluding hydrogens is 1030 g/mol. The fraction of sp³-hybridized carbons (Fsp3) is 0.677. The fourth-order valence-corrected chi connectivity index (χ4v) is 11.6. The number of amides is 6. The molecule has 81 heavy (non-hydrogen) atoms. The number of hydrogen-bond donors (Lipinski definition) is 5. The number of ether oxygens (including phenoxy) is 3. The van der Waals surface area contributed by atoms with Crippen molar-refractivity contribution >= 4 is 52.9 Å². The van der Waals surface area contributed by atoms with Gasteiger partial charge >= 0.3 is 12.1 Å². The normalized spacial score (nSPS) is 17.7. The van der Waals surface area contributed by atoms with Gasteiger partial charge in [0, 0.05) is 84.1 Å². The first-order chi connectivity index (χ1) is 38.2. The molecule has 2 aromatic rings. The maximum atomic E-state index is 14.8. The van der Waals surface area contributed by atoms with Crippen molar-refractivity contribution < 1.29 is 57.7 Å². The van der Waals surface area contributed by atoms with E-state index in [0.29, 0.717) is 43.5 Å². The number of benzene rings is 2. The zero-order valence-electron chi connectivity index (χ0n) is 51.2. The fourth-order valence-electron chi connectivity index (χ4n) is 11.6. The number of hydrogen-bond acceptors (Lipinski definition) is 13. The topological polar surface area (TPSA) is 256 Å². The number of urea groups is 1. The summed E-state index contributed by atoms with van der Waals surface area (Å²) in [4.78, 5) is 114. The largest absolute Gasteiger partial charge is 0.445 e. The van der Waals surface area contributed by atoms with Crippen LogP contribution in [-0.4, -0.2) is 152 Å². The van der Waals surface area contributed by atoms with Crippen molar-refractivity contribution in [1.82, 2.24) is 25.3 Å². The quantitative estimate of drug-likeness (QED) is 0.0411. The van der Waals surface area contributed by atoms with Gasteiger partial charge in [0.2, 0.25) is 17.7 Å². The Bertz CT molecular complexity index is 2330. The van der Waals surface area contributed by atoms with Gasteiger partial charge in [-0.1, -0.05) is 118 Å². The Balaban J connectivity index is 1.71. The Kier molecular flexibility index (Phi) is 29.2. The molecule has 0 bridgehead atoms. The molecule has 1 fully saturated rings. The molecular formula is C62H99N7O12. The van der Waals surface area contributed by atoms with E-state index in [1.165, 1.54) is 19.1 Å². The molecule has 1 aliphatic heterocycles. The molecule has 3 rings (SSSR count). The lowest BCUT2D eigenvalue weighted by molar-refractivity contribution is -0.149. The number of likely N-dealkylation sites (N-methyl/N-ethyl adjacent to an activating group) is 3. The molecule has 1 aliphatic rings. The predicted molar refractivity (Wildman–Crippen MR) is 314 cm³/mol. The highest BCUT2D eigenvalue weighted by atomic mass is 16.6. The van der Waals surface area contributed by atoms with Crippen LogP contribution < -0.4 is 21.7 Å². The van der Waals surface area contributed by atoms with Crippen molar-refractivity contribution in [3.8, 4) is 0 Å². The lowest BCUT2D eigenvalue weighted by Crippen LogP contribution is -2.54. The zero-order chi connectivity index (χ0) is 60.8. The van der Waals surface area contributed by atoms with Crippen LogP contribution in [-0.2, 0) is 49.6 Å². The van der Waals surface area contributed by atoms with E-state index in [4.69, 9.17) is 19.9 Å². The average Bonchev–Trinajstić information content (AvgIpc) is 3.99. The van der Waals surface area contributed by atoms with Crippen LogP contribution >= 0.6 is 0 Å². The maximum Gasteiger partial charge on any atom is 0.410 e. The number of methoxy groups -OCH3 is 2. The number of nitrogens with one attached hydrogen (secondary N) is 3. The number of primary amides is 1. The lowest BCUT2D eigenvalue weighted by atomic mass is 9.83. The number of ketones is 3. The highest BCUT2D eigenvalue weighted by molar-refractivity contribution is 5.96. The molecule has 6 amide bonds. The van der Waals surface area contributed by atoms with Crippen LogP contribution in [0.4, 0.5) is 15.3 Å². The number of rotatable bonds is 35. The van der Waals surface area contributed by atoms with Gasteiger partial charge in [0.15, 0.2) is 11.6 Å². The summed E-state index contributed by atoms with van der Waals surface area (Å²) in [6.45, 7) is 19.6. The molecule has 0 aliphatic carbocycles. The van der Waals surface area contributed by atoms with Gasteiger partial charge in [-0.25, -0.2) is 9.59 Å². The molecule has 0 saturated carbocycles. The highest BCUT2D eigenvalue weighted by Crippen LogP contribution is 2.33. The van der Waals surface area contributed by atoms with Crippen molar-refractivity contribution in [1.29, 1.82) is 0 Å². The van der Waals surface area contributed by atoms with Crippen molar-refractivity contribution in [3.05, 3.63) is 65.7 Å². The third kappa shape index (κ3) is 20.3. The first kappa shape index (κ1) is 69.5. The van der Waals surface area contributed by atoms with Crippen LogP contribution in [0.2, 0.25) is 0 Å². The first-order valence-corrected chi connectivity index (χ1v) is 29.2. The second-order valence-electron chi connectivity index (χ2n) is 23.5. The van der Waals surface area contributed by atoms with Gasteiger partial charge in [0.1, 0.15) is 12.4 Å². The van der Waals surface area contributed by atoms with E-state index in [0.717, 1.165) is 12.0 Å². The first-order valence-electron chi connectivity index (χ1n) is 29.2. The van der Waals surface area contributed by atoms with Crippen LogP contribution in [0.5, 0.6) is 0 Å². The molecule has 1 saturated heterocycles. The monoisotopic (exact) mass is 1130 g/mol. The summed E-state index contributed by atoms with van der Waals surface area (Å²) in [5, 5.41) is 19.4. The van der Waals surface area contributed by atoms with E-state index in [9.17, 15) is 43.5 Å². The number of nitrogens with two attached hydrogens (primary N) is 1. The molecule has 3 unspecified atom stereocenters. The van der Waals surface area contributed by atoms with Gasteiger partial charge in [-0.05, 0) is 85.6 Å². The third-order valence-electron chi connectivity index (χ3n) is 16.5. The van der Waals surface area contributed by atoms with Crippen molar-refractivity contribution in [2.75, 3.05) is 53.8 Å². The van der Waals surface area contributed by atoms with Gasteiger partial charge in [-0.2, -0.15) is 0 Å². The number of carbonyl (C=O) groups excluding carboxylic acids is 8. The van der Waals surface area contributed by atoms with Crippen molar-refractivity contribution in [2.24, 2.45) is 53.1 Å². The molecule has 19 heteroatoms. The molecule has 6 N–H and O–H groups in total. The molecule has 1 heterocycles. The van der Waals surface area contributed by atoms with Crippen molar-refractivity contribution in [3.63, 3.8) is 0 Å². The summed E-state index contributed by atoms with van der Waals surface area (Å²) in [5.41, 5.74) is 7.03. The summed E-state index contributed by atoms with van der Waals surface area (Å²) < 4.78 is 17.8. The van der Waals surface area contributed by atoms with Gasteiger partial charge < -0.3 is 55.7 Å². The number of aliphatic hydroxyl groups is 1. The van der Waals surface area contributed by atoms with Crippen LogP contribution in [0.3, 0.4) is 0 Å². The number of anilines is 1. The van der Waals surface area contributed by atoms with Gasteiger partial charge in [0.05, 0.1) is 48.9 Å². The van der Waals surface area contributed by atoms with Crippen LogP contribution in [0.1, 0.15) is 144 Å². The molecule has 0 spiro atoms. The summed E-state index contributed by atoms with van der Waals surface area (Å²) in [7, 11) is 8.00. The van der Waals surface area contributed by atoms with E-state index in [-0.39, 0.29) is 110 Å². The summed E-state index contributed by atoms with van der Waals surface area (Å²) >= 11 is 0. The number of likely N-dealkylation sites (tertiary alicyclic amines) is 1. The Morgan fingerprint density at radius 3 is 1.95 bits per heavy atom. The van der Waals surface area contributed by atoms with Crippen LogP contribution in [0.25, 0.3) is 0 Å². The van der Waals surface area contributed by atoms with Crippen molar-refractivity contribution in [2.45, 2.75) is 176 Å². The van der Waals surface area contributed by atoms with Crippen LogP contribution in [0, 0.1) is 47.3 Å². The van der Waals surface area contributed by atoms with E-state index in [2.05, 4.69) is 16.0 Å². The minimum atomic E-state index is -0.925. The second kappa shape index (κ2) is 34.0. The Morgan fingerprint density at radius 1 is 0.765 bits per heavy atom. The molecule has 12 atom stereocenters. The molecule has 0 aromatic heterocycles. The number of aliphatic hydroxyl groups excluding tert-OH is 1. The number of Topliss-reactive ketones (excluding diaryl/α,β-unsaturated/α-hetero) is 3. The minimum absolute atomic E-state index is 0.00442. The molecule has 2 aromatic carbocycles. The van der Waals surface area contributed by atoms with Gasteiger partial charge in [0.25, 0.3) is 0 Å². The average molecular weight is 1130 g/mol. The van der Waals surface area contributed by atoms with Gasteiger partial charge in [-0.3, -0.25) is 28.8 Å².